The molecule has 1 unspecified atom stereocenters. The van der Waals surface area contributed by atoms with Crippen LogP contribution in [0.15, 0.2) is 54.7 Å². The molecule has 10 heteroatoms. The number of aromatic nitrogens is 1. The van der Waals surface area contributed by atoms with Gasteiger partial charge in [0.15, 0.2) is 0 Å². The molecule has 4 nitrogen and oxygen atoms in total. The van der Waals surface area contributed by atoms with Gasteiger partial charge in [-0.25, -0.2) is 17.6 Å². The Morgan fingerprint density at radius 2 is 1.44 bits per heavy atom. The SMILES string of the molecule is CC(C)[Si](OC1CCC(c2cc(F)ccc2F)=Cc2cccnc21)(C(C)C)C(C)C.OB(O)c1cc(F)ccc1F. The van der Waals surface area contributed by atoms with E-state index in [1.165, 1.54) is 12.1 Å². The molecule has 0 saturated carbocycles. The molecule has 3 aromatic rings. The van der Waals surface area contributed by atoms with Crippen LogP contribution in [0.2, 0.25) is 16.6 Å². The summed E-state index contributed by atoms with van der Waals surface area (Å²) in [7, 11) is -4.09. The van der Waals surface area contributed by atoms with Gasteiger partial charge in [-0.1, -0.05) is 47.6 Å². The van der Waals surface area contributed by atoms with E-state index in [-0.39, 0.29) is 6.10 Å². The molecule has 0 amide bonds. The normalized spacial score (nSPS) is 15.3. The fraction of sp³-hybridized carbons (Fsp3) is 0.387. The first-order valence-corrected chi connectivity index (χ1v) is 16.0. The van der Waals surface area contributed by atoms with Crippen molar-refractivity contribution < 1.29 is 32.0 Å². The second-order valence-electron chi connectivity index (χ2n) is 11.3. The molecular formula is C31H38BF4NO3Si. The molecule has 0 spiro atoms. The molecule has 1 aromatic heterocycles. The lowest BCUT2D eigenvalue weighted by molar-refractivity contribution is 0.164. The van der Waals surface area contributed by atoms with Gasteiger partial charge in [0.2, 0.25) is 8.32 Å². The maximum absolute atomic E-state index is 14.5. The number of fused-ring (bicyclic) bond motifs is 1. The Balaban J connectivity index is 0.000000352. The van der Waals surface area contributed by atoms with E-state index < -0.39 is 44.2 Å². The van der Waals surface area contributed by atoms with Gasteiger partial charge < -0.3 is 14.5 Å². The summed E-state index contributed by atoms with van der Waals surface area (Å²) in [6.45, 7) is 13.6. The highest BCUT2D eigenvalue weighted by Gasteiger charge is 2.47. The molecule has 0 radical (unpaired) electrons. The fourth-order valence-corrected chi connectivity index (χ4v) is 11.5. The standard InChI is InChI=1S/C25H33F2NOSi.C6H5BF2O2/c1-16(2)30(17(3)4,18(5)6)29-24-12-9-19(14-20-8-7-13-28-25(20)24)22-15-21(26)10-11-23(22)27;8-4-1-2-6(9)5(3-4)7(10)11/h7-8,10-11,13-18,24H,9,12H2,1-6H3;1-3,10-11H. The van der Waals surface area contributed by atoms with Crippen molar-refractivity contribution in [2.45, 2.75) is 77.1 Å². The number of nitrogens with zero attached hydrogens (tertiary/aromatic N) is 1. The summed E-state index contributed by atoms with van der Waals surface area (Å²) in [6, 6.07) is 9.99. The lowest BCUT2D eigenvalue weighted by Crippen LogP contribution is -2.48. The van der Waals surface area contributed by atoms with Crippen LogP contribution in [0.1, 0.15) is 77.3 Å². The Bertz CT molecular complexity index is 1350. The van der Waals surface area contributed by atoms with E-state index >= 15 is 0 Å². The third-order valence-electron chi connectivity index (χ3n) is 7.75. The van der Waals surface area contributed by atoms with Gasteiger partial charge in [-0.3, -0.25) is 4.98 Å². The zero-order chi connectivity index (χ0) is 30.5. The predicted molar refractivity (Wildman–Crippen MR) is 159 cm³/mol. The van der Waals surface area contributed by atoms with Crippen molar-refractivity contribution in [1.29, 1.82) is 0 Å². The molecule has 0 fully saturated rings. The third kappa shape index (κ3) is 7.54. The van der Waals surface area contributed by atoms with Gasteiger partial charge in [0.1, 0.15) is 23.3 Å². The van der Waals surface area contributed by atoms with Crippen LogP contribution in [0.3, 0.4) is 0 Å². The van der Waals surface area contributed by atoms with Crippen molar-refractivity contribution in [3.8, 4) is 0 Å². The summed E-state index contributed by atoms with van der Waals surface area (Å²) in [5, 5.41) is 17.0. The van der Waals surface area contributed by atoms with Crippen LogP contribution in [0.5, 0.6) is 0 Å². The van der Waals surface area contributed by atoms with E-state index in [0.717, 1.165) is 41.1 Å². The molecule has 1 atom stereocenters. The predicted octanol–water partition coefficient (Wildman–Crippen LogP) is 7.57. The maximum Gasteiger partial charge on any atom is 0.491 e. The number of allylic oxidation sites excluding steroid dienone is 1. The molecular weight excluding hydrogens is 549 g/mol. The lowest BCUT2D eigenvalue weighted by atomic mass is 9.80. The molecule has 1 aliphatic carbocycles. The average Bonchev–Trinajstić information content (AvgIpc) is 3.09. The molecule has 2 N–H and O–H groups in total. The average molecular weight is 588 g/mol. The van der Waals surface area contributed by atoms with Gasteiger partial charge in [0, 0.05) is 17.2 Å². The largest absolute Gasteiger partial charge is 0.491 e. The first-order chi connectivity index (χ1) is 19.3. The highest BCUT2D eigenvalue weighted by molar-refractivity contribution is 6.77. The van der Waals surface area contributed by atoms with E-state index in [0.29, 0.717) is 35.0 Å². The van der Waals surface area contributed by atoms with Crippen LogP contribution in [0.4, 0.5) is 17.6 Å². The van der Waals surface area contributed by atoms with Gasteiger partial charge in [-0.2, -0.15) is 0 Å². The number of hydrogen-bond acceptors (Lipinski definition) is 4. The molecule has 0 saturated heterocycles. The minimum absolute atomic E-state index is 0.148. The Kier molecular flexibility index (Phi) is 11.1. The van der Waals surface area contributed by atoms with Gasteiger partial charge in [-0.15, -0.1) is 0 Å². The molecule has 41 heavy (non-hydrogen) atoms. The Labute approximate surface area is 241 Å². The number of hydrogen-bond donors (Lipinski definition) is 2. The lowest BCUT2D eigenvalue weighted by Gasteiger charge is -2.44. The van der Waals surface area contributed by atoms with Crippen LogP contribution in [0.25, 0.3) is 11.6 Å². The number of rotatable bonds is 7. The maximum atomic E-state index is 14.5. The summed E-state index contributed by atoms with van der Waals surface area (Å²) >= 11 is 0. The molecule has 0 bridgehead atoms. The number of halogens is 4. The van der Waals surface area contributed by atoms with Crippen molar-refractivity contribution in [1.82, 2.24) is 4.98 Å². The van der Waals surface area contributed by atoms with E-state index in [1.54, 1.807) is 6.20 Å². The van der Waals surface area contributed by atoms with Crippen molar-refractivity contribution in [2.24, 2.45) is 0 Å². The molecule has 4 rings (SSSR count). The van der Waals surface area contributed by atoms with E-state index in [9.17, 15) is 17.6 Å². The first-order valence-electron chi connectivity index (χ1n) is 13.9. The Morgan fingerprint density at radius 3 is 2.00 bits per heavy atom. The topological polar surface area (TPSA) is 62.6 Å². The van der Waals surface area contributed by atoms with Gasteiger partial charge in [0.25, 0.3) is 0 Å². The third-order valence-corrected chi connectivity index (χ3v) is 13.9. The zero-order valence-corrected chi connectivity index (χ0v) is 25.3. The summed E-state index contributed by atoms with van der Waals surface area (Å²) in [5.41, 5.74) is 3.87. The van der Waals surface area contributed by atoms with Crippen LogP contribution in [-0.4, -0.2) is 30.5 Å². The van der Waals surface area contributed by atoms with Crippen LogP contribution in [0, 0.1) is 23.3 Å². The van der Waals surface area contributed by atoms with E-state index in [2.05, 4.69) is 46.5 Å². The van der Waals surface area contributed by atoms with Crippen molar-refractivity contribution >= 4 is 32.5 Å². The Morgan fingerprint density at radius 1 is 0.854 bits per heavy atom. The second kappa shape index (κ2) is 13.9. The fourth-order valence-electron chi connectivity index (χ4n) is 5.94. The summed E-state index contributed by atoms with van der Waals surface area (Å²) in [6.07, 6.45) is 4.91. The molecule has 220 valence electrons. The molecule has 2 aromatic carbocycles. The highest BCUT2D eigenvalue weighted by atomic mass is 28.4. The summed E-state index contributed by atoms with van der Waals surface area (Å²) in [5.74, 6) is -2.36. The minimum atomic E-state index is -2.12. The first kappa shape index (κ1) is 32.7. The van der Waals surface area contributed by atoms with Crippen LogP contribution < -0.4 is 5.46 Å². The quantitative estimate of drug-likeness (QED) is 0.221. The van der Waals surface area contributed by atoms with Crippen molar-refractivity contribution in [3.05, 3.63) is 94.8 Å². The molecule has 0 aliphatic heterocycles. The van der Waals surface area contributed by atoms with Crippen molar-refractivity contribution in [2.75, 3.05) is 0 Å². The van der Waals surface area contributed by atoms with Gasteiger partial charge in [-0.05, 0) is 89.1 Å². The number of pyridine rings is 1. The minimum Gasteiger partial charge on any atom is -0.423 e. The Hall–Kier alpha value is -2.79. The van der Waals surface area contributed by atoms with Gasteiger partial charge in [0.05, 0.1) is 11.8 Å². The van der Waals surface area contributed by atoms with Crippen molar-refractivity contribution in [3.63, 3.8) is 0 Å². The van der Waals surface area contributed by atoms with Crippen LogP contribution >= 0.6 is 0 Å². The monoisotopic (exact) mass is 587 g/mol. The second-order valence-corrected chi connectivity index (χ2v) is 16.7. The van der Waals surface area contributed by atoms with E-state index in [1.807, 2.05) is 18.2 Å². The van der Waals surface area contributed by atoms with E-state index in [4.69, 9.17) is 14.5 Å². The smallest absolute Gasteiger partial charge is 0.423 e. The number of benzene rings is 2. The summed E-state index contributed by atoms with van der Waals surface area (Å²) in [4.78, 5) is 4.68. The highest BCUT2D eigenvalue weighted by Crippen LogP contribution is 2.47. The molecule has 1 aliphatic rings. The summed E-state index contributed by atoms with van der Waals surface area (Å²) < 4.78 is 60.3. The van der Waals surface area contributed by atoms with Crippen LogP contribution in [-0.2, 0) is 4.43 Å². The molecule has 1 heterocycles. The van der Waals surface area contributed by atoms with Gasteiger partial charge >= 0.3 is 7.12 Å². The zero-order valence-electron chi connectivity index (χ0n) is 24.3.